The molecular weight excluding hydrogens is 336 g/mol. The van der Waals surface area contributed by atoms with Crippen molar-refractivity contribution >= 4 is 23.7 Å². The third-order valence-corrected chi connectivity index (χ3v) is 3.91. The van der Waals surface area contributed by atoms with Gasteiger partial charge in [-0.2, -0.15) is 0 Å². The number of esters is 1. The molecule has 7 nitrogen and oxygen atoms in total. The standard InChI is InChI=1S/C19H16N2O5/c1-12-5-4-6-13(9-12)17(23)20-10-16(22)26-11-21-18(24)14-7-2-3-8-15(14)19(21)25/h2-9H,10-11H2,1H3,(H,20,23). The summed E-state index contributed by atoms with van der Waals surface area (Å²) in [4.78, 5) is 48.9. The Hall–Kier alpha value is -3.48. The van der Waals surface area contributed by atoms with Crippen LogP contribution in [0.1, 0.15) is 36.6 Å². The Balaban J connectivity index is 1.51. The monoisotopic (exact) mass is 352 g/mol. The highest BCUT2D eigenvalue weighted by atomic mass is 16.5. The van der Waals surface area contributed by atoms with E-state index in [-0.39, 0.29) is 17.7 Å². The predicted molar refractivity (Wildman–Crippen MR) is 91.4 cm³/mol. The van der Waals surface area contributed by atoms with Gasteiger partial charge in [0.05, 0.1) is 11.1 Å². The van der Waals surface area contributed by atoms with Gasteiger partial charge in [-0.25, -0.2) is 4.90 Å². The Morgan fingerprint density at radius 2 is 1.65 bits per heavy atom. The molecule has 0 aromatic heterocycles. The van der Waals surface area contributed by atoms with Gasteiger partial charge in [-0.1, -0.05) is 29.8 Å². The van der Waals surface area contributed by atoms with E-state index < -0.39 is 30.4 Å². The van der Waals surface area contributed by atoms with Crippen LogP contribution in [-0.2, 0) is 9.53 Å². The molecule has 0 fully saturated rings. The minimum absolute atomic E-state index is 0.279. The number of nitrogens with one attached hydrogen (secondary N) is 1. The van der Waals surface area contributed by atoms with E-state index in [4.69, 9.17) is 4.74 Å². The maximum absolute atomic E-state index is 12.1. The van der Waals surface area contributed by atoms with Crippen molar-refractivity contribution in [1.82, 2.24) is 10.2 Å². The van der Waals surface area contributed by atoms with Crippen LogP contribution in [0.2, 0.25) is 0 Å². The van der Waals surface area contributed by atoms with E-state index in [1.54, 1.807) is 42.5 Å². The third kappa shape index (κ3) is 3.46. The first-order valence-corrected chi connectivity index (χ1v) is 7.93. The average molecular weight is 352 g/mol. The zero-order valence-corrected chi connectivity index (χ0v) is 14.0. The molecule has 0 spiro atoms. The van der Waals surface area contributed by atoms with Crippen LogP contribution in [0.3, 0.4) is 0 Å². The number of rotatable bonds is 5. The van der Waals surface area contributed by atoms with Crippen molar-refractivity contribution < 1.29 is 23.9 Å². The molecule has 1 N–H and O–H groups in total. The maximum Gasteiger partial charge on any atom is 0.327 e. The summed E-state index contributed by atoms with van der Waals surface area (Å²) in [6.07, 6.45) is 0. The van der Waals surface area contributed by atoms with Crippen molar-refractivity contribution in [2.75, 3.05) is 13.3 Å². The van der Waals surface area contributed by atoms with E-state index in [9.17, 15) is 19.2 Å². The number of amides is 3. The molecule has 132 valence electrons. The van der Waals surface area contributed by atoms with Crippen molar-refractivity contribution in [1.29, 1.82) is 0 Å². The Labute approximate surface area is 149 Å². The number of nitrogens with zero attached hydrogens (tertiary/aromatic N) is 1. The van der Waals surface area contributed by atoms with Gasteiger partial charge < -0.3 is 10.1 Å². The summed E-state index contributed by atoms with van der Waals surface area (Å²) in [5.41, 5.74) is 1.91. The van der Waals surface area contributed by atoms with E-state index in [1.807, 2.05) is 13.0 Å². The number of carbonyl (C=O) groups excluding carboxylic acids is 4. The highest BCUT2D eigenvalue weighted by Gasteiger charge is 2.35. The lowest BCUT2D eigenvalue weighted by Gasteiger charge is -2.14. The van der Waals surface area contributed by atoms with Crippen molar-refractivity contribution in [3.05, 3.63) is 70.8 Å². The third-order valence-electron chi connectivity index (χ3n) is 3.91. The smallest absolute Gasteiger partial charge is 0.327 e. The summed E-state index contributed by atoms with van der Waals surface area (Å²) in [5.74, 6) is -2.18. The largest absolute Gasteiger partial charge is 0.442 e. The first-order valence-electron chi connectivity index (χ1n) is 7.93. The summed E-state index contributed by atoms with van der Waals surface area (Å²) >= 11 is 0. The van der Waals surface area contributed by atoms with Crippen LogP contribution < -0.4 is 5.32 Å². The second-order valence-electron chi connectivity index (χ2n) is 5.78. The lowest BCUT2D eigenvalue weighted by Crippen LogP contribution is -2.36. The van der Waals surface area contributed by atoms with E-state index in [1.165, 1.54) is 0 Å². The fourth-order valence-corrected chi connectivity index (χ4v) is 2.58. The second kappa shape index (κ2) is 7.18. The van der Waals surface area contributed by atoms with Crippen molar-refractivity contribution in [2.45, 2.75) is 6.92 Å². The molecule has 0 bridgehead atoms. The van der Waals surface area contributed by atoms with E-state index in [2.05, 4.69) is 5.32 Å². The van der Waals surface area contributed by atoms with Crippen molar-refractivity contribution in [2.24, 2.45) is 0 Å². The van der Waals surface area contributed by atoms with Crippen LogP contribution in [-0.4, -0.2) is 41.9 Å². The van der Waals surface area contributed by atoms with Crippen LogP contribution in [0, 0.1) is 6.92 Å². The van der Waals surface area contributed by atoms with Crippen LogP contribution in [0.4, 0.5) is 0 Å². The Morgan fingerprint density at radius 1 is 1.00 bits per heavy atom. The number of ether oxygens (including phenoxy) is 1. The summed E-state index contributed by atoms with van der Waals surface area (Å²) in [6, 6.07) is 13.3. The summed E-state index contributed by atoms with van der Waals surface area (Å²) in [5, 5.41) is 2.44. The number of hydrogen-bond acceptors (Lipinski definition) is 5. The molecule has 0 unspecified atom stereocenters. The van der Waals surface area contributed by atoms with Gasteiger partial charge in [0.25, 0.3) is 17.7 Å². The summed E-state index contributed by atoms with van der Waals surface area (Å²) in [7, 11) is 0. The van der Waals surface area contributed by atoms with Crippen LogP contribution >= 0.6 is 0 Å². The highest BCUT2D eigenvalue weighted by molar-refractivity contribution is 6.21. The minimum Gasteiger partial charge on any atom is -0.442 e. The number of imide groups is 1. The quantitative estimate of drug-likeness (QED) is 0.651. The number of carbonyl (C=O) groups is 4. The molecule has 2 aromatic rings. The summed E-state index contributed by atoms with van der Waals surface area (Å²) in [6.45, 7) is 0.995. The van der Waals surface area contributed by atoms with Crippen LogP contribution in [0.25, 0.3) is 0 Å². The molecule has 2 aromatic carbocycles. The van der Waals surface area contributed by atoms with E-state index >= 15 is 0 Å². The maximum atomic E-state index is 12.1. The molecule has 26 heavy (non-hydrogen) atoms. The minimum atomic E-state index is -0.748. The molecule has 1 heterocycles. The molecule has 1 aliphatic rings. The molecule has 0 atom stereocenters. The Bertz CT molecular complexity index is 871. The number of fused-ring (bicyclic) bond motifs is 1. The Kier molecular flexibility index (Phi) is 4.79. The van der Waals surface area contributed by atoms with Gasteiger partial charge in [0, 0.05) is 5.56 Å². The second-order valence-corrected chi connectivity index (χ2v) is 5.78. The highest BCUT2D eigenvalue weighted by Crippen LogP contribution is 2.21. The molecule has 0 saturated heterocycles. The topological polar surface area (TPSA) is 92.8 Å². The van der Waals surface area contributed by atoms with Gasteiger partial charge in [-0.15, -0.1) is 0 Å². The normalized spacial score (nSPS) is 12.7. The molecule has 0 aliphatic carbocycles. The van der Waals surface area contributed by atoms with Gasteiger partial charge in [0.15, 0.2) is 6.73 Å². The van der Waals surface area contributed by atoms with Gasteiger partial charge in [0.2, 0.25) is 0 Å². The zero-order valence-electron chi connectivity index (χ0n) is 14.0. The van der Waals surface area contributed by atoms with E-state index in [0.29, 0.717) is 5.56 Å². The molecule has 3 amide bonds. The van der Waals surface area contributed by atoms with Crippen molar-refractivity contribution in [3.8, 4) is 0 Å². The lowest BCUT2D eigenvalue weighted by atomic mass is 10.1. The van der Waals surface area contributed by atoms with Gasteiger partial charge >= 0.3 is 5.97 Å². The first kappa shape index (κ1) is 17.3. The molecule has 1 aliphatic heterocycles. The molecular formula is C19H16N2O5. The average Bonchev–Trinajstić information content (AvgIpc) is 2.89. The predicted octanol–water partition coefficient (Wildman–Crippen LogP) is 1.52. The summed E-state index contributed by atoms with van der Waals surface area (Å²) < 4.78 is 4.94. The zero-order chi connectivity index (χ0) is 18.7. The molecule has 0 saturated carbocycles. The van der Waals surface area contributed by atoms with Gasteiger partial charge in [-0.05, 0) is 31.2 Å². The fraction of sp³-hybridized carbons (Fsp3) is 0.158. The SMILES string of the molecule is Cc1cccc(C(=O)NCC(=O)OCN2C(=O)c3ccccc3C2=O)c1. The molecule has 0 radical (unpaired) electrons. The molecule has 7 heteroatoms. The number of aryl methyl sites for hydroxylation is 1. The number of benzene rings is 2. The van der Waals surface area contributed by atoms with Crippen LogP contribution in [0.5, 0.6) is 0 Å². The van der Waals surface area contributed by atoms with Gasteiger partial charge in [-0.3, -0.25) is 19.2 Å². The first-order chi connectivity index (χ1) is 12.5. The lowest BCUT2D eigenvalue weighted by molar-refractivity contribution is -0.145. The molecule has 3 rings (SSSR count). The van der Waals surface area contributed by atoms with Crippen molar-refractivity contribution in [3.63, 3.8) is 0 Å². The van der Waals surface area contributed by atoms with Crippen LogP contribution in [0.15, 0.2) is 48.5 Å². The number of hydrogen-bond donors (Lipinski definition) is 1. The van der Waals surface area contributed by atoms with E-state index in [0.717, 1.165) is 10.5 Å². The van der Waals surface area contributed by atoms with Gasteiger partial charge in [0.1, 0.15) is 6.54 Å². The fourth-order valence-electron chi connectivity index (χ4n) is 2.58. The Morgan fingerprint density at radius 3 is 2.27 bits per heavy atom.